The number of pyridine rings is 1. The summed E-state index contributed by atoms with van der Waals surface area (Å²) in [6, 6.07) is 10.8. The number of benzene rings is 1. The summed E-state index contributed by atoms with van der Waals surface area (Å²) >= 11 is 0. The maximum atomic E-state index is 15.3. The number of aromatic nitrogens is 2. The molecule has 0 N–H and O–H groups in total. The van der Waals surface area contributed by atoms with Gasteiger partial charge in [-0.2, -0.15) is 0 Å². The van der Waals surface area contributed by atoms with Gasteiger partial charge in [0.25, 0.3) is 0 Å². The predicted molar refractivity (Wildman–Crippen MR) is 236 cm³/mol. The van der Waals surface area contributed by atoms with Gasteiger partial charge in [0.2, 0.25) is 0 Å². The highest BCUT2D eigenvalue weighted by Crippen LogP contribution is 2.61. The van der Waals surface area contributed by atoms with Crippen LogP contribution in [-0.4, -0.2) is 129 Å². The molecule has 0 amide bonds. The van der Waals surface area contributed by atoms with Crippen molar-refractivity contribution in [2.45, 2.75) is 165 Å². The fourth-order valence-corrected chi connectivity index (χ4v) is 12.7. The zero-order valence-electron chi connectivity index (χ0n) is 38.6. The van der Waals surface area contributed by atoms with Crippen LogP contribution in [0.15, 0.2) is 48.2 Å². The molecule has 4 fully saturated rings. The molecule has 17 atom stereocenters. The molecule has 2 aromatic heterocycles. The molecule has 3 aromatic rings. The van der Waals surface area contributed by atoms with Crippen molar-refractivity contribution < 1.29 is 47.5 Å². The molecule has 1 aromatic carbocycles. The van der Waals surface area contributed by atoms with Crippen LogP contribution in [0.5, 0.6) is 0 Å². The number of cyclic esters (lactones) is 1. The Labute approximate surface area is 372 Å². The van der Waals surface area contributed by atoms with E-state index in [0.717, 1.165) is 66.3 Å². The second kappa shape index (κ2) is 18.5. The fraction of sp³-hybridized carbons (Fsp3) is 0.700. The number of ether oxygens (including phenoxy) is 8. The molecule has 0 spiro atoms. The summed E-state index contributed by atoms with van der Waals surface area (Å²) in [5.41, 5.74) is 3.71. The lowest BCUT2D eigenvalue weighted by atomic mass is 9.66. The van der Waals surface area contributed by atoms with Gasteiger partial charge in [-0.25, -0.2) is 4.98 Å². The normalized spacial score (nSPS) is 39.8. The quantitative estimate of drug-likeness (QED) is 0.199. The number of fused-ring (bicyclic) bond motifs is 12. The van der Waals surface area contributed by atoms with Gasteiger partial charge in [-0.3, -0.25) is 9.59 Å². The first-order valence-electron chi connectivity index (χ1n) is 23.7. The number of hydrogen-bond acceptors (Lipinski definition) is 12. The molecule has 0 bridgehead atoms. The monoisotopic (exact) mass is 871 g/mol. The van der Waals surface area contributed by atoms with Crippen LogP contribution in [-0.2, 0) is 47.5 Å². The minimum Gasteiger partial charge on any atom is -0.462 e. The maximum absolute atomic E-state index is 15.3. The summed E-state index contributed by atoms with van der Waals surface area (Å²) in [6.07, 6.45) is 7.29. The molecule has 13 heteroatoms. The molecule has 63 heavy (non-hydrogen) atoms. The number of Topliss-reactive ketones (excluding diaryl/α,β-unsaturated/α-hetero) is 1. The Hall–Kier alpha value is -3.27. The van der Waals surface area contributed by atoms with Crippen LogP contribution >= 0.6 is 0 Å². The standard InChI is InChI=1S/C50H69N3O10/c1-10-30-15-13-17-39(63-41-19-18-38(52(5)6)27(3)59-41)26(2)45(55)37-24-34-33-22-31(62-50-48(58-9)47(57-8)46(56-7)28(4)60-50)23-36(33)44-43(42(34)35(37)25-40(54)61-30)51-49-32-16-12-11-14-29(32)20-21-53(44)49/h11-12,14,16,20-21,24,26-28,30-31,33-36,38-39,41-42,46-48,50H,10,13,15,17-19,22-23,25H2,1-9H3/t26-,27-,28+,30+,31+,33+,34+,35-,36-,38+,39+,41+,42-,46+,47-,48-,50+/m1/s1. The minimum atomic E-state index is -0.671. The minimum absolute atomic E-state index is 0.00554. The van der Waals surface area contributed by atoms with Gasteiger partial charge in [0, 0.05) is 68.3 Å². The van der Waals surface area contributed by atoms with Crippen LogP contribution in [0.4, 0.5) is 0 Å². The molecule has 3 aliphatic heterocycles. The Kier molecular flexibility index (Phi) is 13.2. The van der Waals surface area contributed by atoms with E-state index in [1.807, 2.05) is 13.8 Å². The van der Waals surface area contributed by atoms with Gasteiger partial charge in [-0.1, -0.05) is 44.2 Å². The summed E-state index contributed by atoms with van der Waals surface area (Å²) < 4.78 is 53.1. The van der Waals surface area contributed by atoms with Crippen molar-refractivity contribution in [2.24, 2.45) is 23.7 Å². The van der Waals surface area contributed by atoms with E-state index >= 15 is 4.79 Å². The Morgan fingerprint density at radius 1 is 0.857 bits per heavy atom. The van der Waals surface area contributed by atoms with Crippen LogP contribution in [0, 0.1) is 23.7 Å². The molecule has 0 radical (unpaired) electrons. The first kappa shape index (κ1) is 44.9. The number of methoxy groups -OCH3 is 3. The first-order valence-corrected chi connectivity index (χ1v) is 23.7. The number of rotatable bonds is 9. The fourth-order valence-electron chi connectivity index (χ4n) is 12.7. The van der Waals surface area contributed by atoms with E-state index in [1.165, 1.54) is 0 Å². The third-order valence-corrected chi connectivity index (χ3v) is 15.8. The van der Waals surface area contributed by atoms with Crippen LogP contribution < -0.4 is 0 Å². The molecule has 1 saturated carbocycles. The molecule has 9 rings (SSSR count). The number of likely N-dealkylation sites (N-methyl/N-ethyl adjacent to an activating group) is 1. The molecular weight excluding hydrogens is 803 g/mol. The highest BCUT2D eigenvalue weighted by atomic mass is 16.7. The van der Waals surface area contributed by atoms with Gasteiger partial charge < -0.3 is 47.2 Å². The summed E-state index contributed by atoms with van der Waals surface area (Å²) in [5.74, 6) is -1.15. The smallest absolute Gasteiger partial charge is 0.306 e. The van der Waals surface area contributed by atoms with Gasteiger partial charge in [0.05, 0.1) is 36.5 Å². The number of hydrogen-bond donors (Lipinski definition) is 0. The molecule has 3 saturated heterocycles. The highest BCUT2D eigenvalue weighted by molar-refractivity contribution is 5.99. The zero-order chi connectivity index (χ0) is 44.3. The van der Waals surface area contributed by atoms with E-state index in [0.29, 0.717) is 24.5 Å². The summed E-state index contributed by atoms with van der Waals surface area (Å²) in [4.78, 5) is 37.2. The van der Waals surface area contributed by atoms with Crippen molar-refractivity contribution in [3.63, 3.8) is 0 Å². The first-order chi connectivity index (χ1) is 30.4. The summed E-state index contributed by atoms with van der Waals surface area (Å²) in [7, 11) is 9.17. The lowest BCUT2D eigenvalue weighted by Gasteiger charge is -2.44. The number of imidazole rings is 1. The number of ketones is 1. The number of nitrogens with zero attached hydrogens (tertiary/aromatic N) is 3. The average Bonchev–Trinajstić information content (AvgIpc) is 3.98. The molecule has 5 heterocycles. The van der Waals surface area contributed by atoms with E-state index in [2.05, 4.69) is 79.8 Å². The summed E-state index contributed by atoms with van der Waals surface area (Å²) in [5, 5.41) is 2.17. The Morgan fingerprint density at radius 3 is 2.37 bits per heavy atom. The Balaban J connectivity index is 1.09. The van der Waals surface area contributed by atoms with E-state index in [4.69, 9.17) is 42.9 Å². The van der Waals surface area contributed by atoms with Gasteiger partial charge in [-0.15, -0.1) is 0 Å². The Morgan fingerprint density at radius 2 is 1.63 bits per heavy atom. The zero-order valence-corrected chi connectivity index (χ0v) is 38.6. The summed E-state index contributed by atoms with van der Waals surface area (Å²) in [6.45, 7) is 8.19. The average molecular weight is 872 g/mol. The van der Waals surface area contributed by atoms with Crippen molar-refractivity contribution >= 4 is 28.2 Å². The van der Waals surface area contributed by atoms with Crippen molar-refractivity contribution in [3.8, 4) is 0 Å². The van der Waals surface area contributed by atoms with Crippen molar-refractivity contribution in [2.75, 3.05) is 35.4 Å². The van der Waals surface area contributed by atoms with Gasteiger partial charge in [0.15, 0.2) is 18.4 Å². The lowest BCUT2D eigenvalue weighted by Crippen LogP contribution is -2.59. The molecule has 6 aliphatic rings. The van der Waals surface area contributed by atoms with E-state index < -0.39 is 24.2 Å². The maximum Gasteiger partial charge on any atom is 0.306 e. The molecule has 3 aliphatic carbocycles. The second-order valence-electron chi connectivity index (χ2n) is 19.5. The number of esters is 1. The highest BCUT2D eigenvalue weighted by Gasteiger charge is 2.57. The van der Waals surface area contributed by atoms with E-state index in [9.17, 15) is 4.79 Å². The topological polar surface area (TPSA) is 129 Å². The molecule has 344 valence electrons. The van der Waals surface area contributed by atoms with E-state index in [-0.39, 0.29) is 90.9 Å². The van der Waals surface area contributed by atoms with Crippen LogP contribution in [0.3, 0.4) is 0 Å². The van der Waals surface area contributed by atoms with Crippen LogP contribution in [0.1, 0.15) is 109 Å². The third-order valence-electron chi connectivity index (χ3n) is 15.8. The van der Waals surface area contributed by atoms with Crippen LogP contribution in [0.2, 0.25) is 0 Å². The lowest BCUT2D eigenvalue weighted by molar-refractivity contribution is -0.314. The van der Waals surface area contributed by atoms with Gasteiger partial charge in [-0.05, 0) is 108 Å². The Bertz CT molecular complexity index is 2160. The molecule has 0 unspecified atom stereocenters. The molecular formula is C50H69N3O10. The number of carbonyl (C=O) groups excluding carboxylic acids is 2. The van der Waals surface area contributed by atoms with Gasteiger partial charge in [0.1, 0.15) is 30.1 Å². The third kappa shape index (κ3) is 8.21. The second-order valence-corrected chi connectivity index (χ2v) is 19.5. The van der Waals surface area contributed by atoms with Gasteiger partial charge >= 0.3 is 5.97 Å². The van der Waals surface area contributed by atoms with E-state index in [1.54, 1.807) is 21.3 Å². The SMILES string of the molecule is CC[C@H]1CCC[C@H](O[C@H]2CC[C@H](N(C)C)[C@@H](C)O2)[C@@H](C)C(=O)C2=C[C@H]3[C@@H]4C[C@H](O[C@@H]5O[C@@H](C)[C@H](OC)[C@@H](OC)[C@H]5OC)C[C@H]4c4c(nc5c6ccccc6ccn45)[C@H]3[C@@H]2CC(=O)O1. The molecule has 13 nitrogen and oxygen atoms in total. The van der Waals surface area contributed by atoms with Crippen LogP contribution in [0.25, 0.3) is 16.4 Å². The number of allylic oxidation sites excluding steroid dienone is 2. The van der Waals surface area contributed by atoms with Crippen molar-refractivity contribution in [1.29, 1.82) is 0 Å². The van der Waals surface area contributed by atoms with Crippen molar-refractivity contribution in [1.82, 2.24) is 14.3 Å². The van der Waals surface area contributed by atoms with Crippen molar-refractivity contribution in [3.05, 3.63) is 59.6 Å². The largest absolute Gasteiger partial charge is 0.462 e. The number of carbonyl (C=O) groups is 2. The predicted octanol–water partition coefficient (Wildman–Crippen LogP) is 7.37.